The van der Waals surface area contributed by atoms with Gasteiger partial charge in [-0.3, -0.25) is 4.79 Å². The van der Waals surface area contributed by atoms with Gasteiger partial charge in [0.15, 0.2) is 5.76 Å². The zero-order chi connectivity index (χ0) is 22.3. The molecule has 1 amide bonds. The van der Waals surface area contributed by atoms with Crippen molar-refractivity contribution >= 4 is 34.2 Å². The molecule has 5 rings (SSSR count). The Kier molecular flexibility index (Phi) is 5.84. The Morgan fingerprint density at radius 2 is 1.91 bits per heavy atom. The summed E-state index contributed by atoms with van der Waals surface area (Å²) in [6, 6.07) is 3.84. The monoisotopic (exact) mass is 457 g/mol. The lowest BCUT2D eigenvalue weighted by atomic mass is 9.74. The third-order valence-electron chi connectivity index (χ3n) is 7.44. The maximum atomic E-state index is 13.5. The van der Waals surface area contributed by atoms with E-state index in [4.69, 9.17) is 16.0 Å². The van der Waals surface area contributed by atoms with Crippen LogP contribution in [0.4, 0.5) is 5.69 Å². The van der Waals surface area contributed by atoms with Crippen LogP contribution in [0.5, 0.6) is 0 Å². The second-order valence-electron chi connectivity index (χ2n) is 9.52. The molecule has 7 heteroatoms. The zero-order valence-corrected chi connectivity index (χ0v) is 19.3. The van der Waals surface area contributed by atoms with E-state index in [9.17, 15) is 9.90 Å². The highest BCUT2D eigenvalue weighted by atomic mass is 35.5. The number of hydrogen-bond donors (Lipinski definition) is 3. The highest BCUT2D eigenvalue weighted by molar-refractivity contribution is 6.34. The van der Waals surface area contributed by atoms with Gasteiger partial charge in [-0.25, -0.2) is 0 Å². The van der Waals surface area contributed by atoms with Crippen LogP contribution in [-0.2, 0) is 5.54 Å². The van der Waals surface area contributed by atoms with Gasteiger partial charge in [-0.05, 0) is 37.8 Å². The predicted octanol–water partition coefficient (Wildman–Crippen LogP) is 5.50. The number of aliphatic hydroxyl groups excluding tert-OH is 1. The molecule has 0 atom stereocenters. The number of nitrogens with zero attached hydrogens (tertiary/aromatic N) is 1. The third kappa shape index (κ3) is 3.67. The molecule has 32 heavy (non-hydrogen) atoms. The fourth-order valence-electron chi connectivity index (χ4n) is 5.99. The molecule has 1 aromatic carbocycles. The van der Waals surface area contributed by atoms with Crippen molar-refractivity contribution < 1.29 is 14.3 Å². The van der Waals surface area contributed by atoms with E-state index in [0.29, 0.717) is 17.3 Å². The second kappa shape index (κ2) is 8.64. The summed E-state index contributed by atoms with van der Waals surface area (Å²) < 4.78 is 6.32. The summed E-state index contributed by atoms with van der Waals surface area (Å²) in [6.07, 6.45) is 10.8. The van der Waals surface area contributed by atoms with Gasteiger partial charge in [0.2, 0.25) is 0 Å². The average Bonchev–Trinajstić information content (AvgIpc) is 3.21. The Balaban J connectivity index is 1.59. The smallest absolute Gasteiger partial charge is 0.289 e. The number of hydrogen-bond acceptors (Lipinski definition) is 5. The van der Waals surface area contributed by atoms with Crippen molar-refractivity contribution in [1.29, 1.82) is 0 Å². The molecule has 0 unspecified atom stereocenters. The normalized spacial score (nSPS) is 20.6. The number of halogens is 1. The van der Waals surface area contributed by atoms with Gasteiger partial charge in [0.05, 0.1) is 28.7 Å². The summed E-state index contributed by atoms with van der Waals surface area (Å²) in [6.45, 7) is 4.39. The second-order valence-corrected chi connectivity index (χ2v) is 9.93. The Hall–Kier alpha value is -2.18. The highest BCUT2D eigenvalue weighted by Gasteiger charge is 2.42. The van der Waals surface area contributed by atoms with E-state index < -0.39 is 0 Å². The number of furan rings is 1. The fraction of sp³-hybridized carbons (Fsp3) is 0.560. The van der Waals surface area contributed by atoms with Crippen LogP contribution in [0, 0.1) is 0 Å². The maximum Gasteiger partial charge on any atom is 0.289 e. The fourth-order valence-corrected chi connectivity index (χ4v) is 6.25. The van der Waals surface area contributed by atoms with E-state index in [-0.39, 0.29) is 24.1 Å². The van der Waals surface area contributed by atoms with Gasteiger partial charge >= 0.3 is 0 Å². The molecule has 1 aliphatic heterocycles. The molecule has 3 aliphatic rings. The summed E-state index contributed by atoms with van der Waals surface area (Å²) in [5.41, 5.74) is 2.27. The van der Waals surface area contributed by atoms with E-state index in [1.807, 2.05) is 12.1 Å². The molecule has 0 bridgehead atoms. The van der Waals surface area contributed by atoms with Crippen LogP contribution < -0.4 is 10.6 Å². The van der Waals surface area contributed by atoms with Crippen molar-refractivity contribution in [3.63, 3.8) is 0 Å². The molecule has 6 nitrogen and oxygen atoms in total. The van der Waals surface area contributed by atoms with Crippen LogP contribution in [0.15, 0.2) is 28.9 Å². The number of amides is 1. The summed E-state index contributed by atoms with van der Waals surface area (Å²) in [5, 5.41) is 18.0. The van der Waals surface area contributed by atoms with Gasteiger partial charge in [0.25, 0.3) is 5.91 Å². The molecule has 0 saturated heterocycles. The number of anilines is 1. The van der Waals surface area contributed by atoms with Crippen molar-refractivity contribution in [2.24, 2.45) is 0 Å². The van der Waals surface area contributed by atoms with Gasteiger partial charge in [-0.1, -0.05) is 56.7 Å². The standard InChI is InChI=1S/C25H32ClN3O3/c1-16-27-22-19(26)14-17-15-20(24(31)29(12-13-30)18-8-4-2-5-9-18)32-23(17)21(22)25(28-16)10-6-3-7-11-25/h14-15,18,27-28,30H,1-13H2. The first kappa shape index (κ1) is 21.7. The number of nitrogens with one attached hydrogen (secondary N) is 2. The van der Waals surface area contributed by atoms with Gasteiger partial charge < -0.3 is 25.1 Å². The zero-order valence-electron chi connectivity index (χ0n) is 18.5. The SMILES string of the molecule is C=C1Nc2c(Cl)cc3cc(C(=O)N(CCO)C4CCCCC4)oc3c2C2(CCCCC2)N1. The average molecular weight is 458 g/mol. The molecule has 1 spiro atoms. The molecule has 2 aromatic rings. The van der Waals surface area contributed by atoms with Crippen LogP contribution in [-0.4, -0.2) is 35.1 Å². The molecule has 1 aromatic heterocycles. The van der Waals surface area contributed by atoms with Crippen molar-refractivity contribution in [1.82, 2.24) is 10.2 Å². The number of fused-ring (bicyclic) bond motifs is 4. The first-order valence-electron chi connectivity index (χ1n) is 11.9. The molecular formula is C25H32ClN3O3. The first-order chi connectivity index (χ1) is 15.5. The topological polar surface area (TPSA) is 77.7 Å². The van der Waals surface area contributed by atoms with E-state index in [1.54, 1.807) is 4.90 Å². The minimum absolute atomic E-state index is 0.0528. The molecule has 2 heterocycles. The Bertz CT molecular complexity index is 1030. The van der Waals surface area contributed by atoms with Crippen LogP contribution in [0.25, 0.3) is 11.0 Å². The number of carbonyl (C=O) groups excluding carboxylic acids is 1. The van der Waals surface area contributed by atoms with Crippen LogP contribution in [0.2, 0.25) is 5.02 Å². The van der Waals surface area contributed by atoms with E-state index in [1.165, 1.54) is 12.8 Å². The van der Waals surface area contributed by atoms with E-state index in [0.717, 1.165) is 79.4 Å². The van der Waals surface area contributed by atoms with Crippen LogP contribution >= 0.6 is 11.6 Å². The number of carbonyl (C=O) groups is 1. The summed E-state index contributed by atoms with van der Waals surface area (Å²) in [7, 11) is 0. The van der Waals surface area contributed by atoms with Gasteiger partial charge in [0, 0.05) is 23.5 Å². The summed E-state index contributed by atoms with van der Waals surface area (Å²) >= 11 is 6.71. The van der Waals surface area contributed by atoms with E-state index in [2.05, 4.69) is 17.2 Å². The molecular weight excluding hydrogens is 426 g/mol. The molecule has 2 fully saturated rings. The molecule has 2 saturated carbocycles. The lowest BCUT2D eigenvalue weighted by Crippen LogP contribution is -2.48. The molecule has 2 aliphatic carbocycles. The van der Waals surface area contributed by atoms with E-state index >= 15 is 0 Å². The predicted molar refractivity (Wildman–Crippen MR) is 127 cm³/mol. The quantitative estimate of drug-likeness (QED) is 0.565. The Morgan fingerprint density at radius 3 is 2.62 bits per heavy atom. The summed E-state index contributed by atoms with van der Waals surface area (Å²) in [4.78, 5) is 15.3. The Labute approximate surface area is 194 Å². The third-order valence-corrected chi connectivity index (χ3v) is 7.74. The van der Waals surface area contributed by atoms with Crippen LogP contribution in [0.3, 0.4) is 0 Å². The highest BCUT2D eigenvalue weighted by Crippen LogP contribution is 2.50. The van der Waals surface area contributed by atoms with Crippen molar-refractivity contribution in [3.8, 4) is 0 Å². The van der Waals surface area contributed by atoms with Crippen molar-refractivity contribution in [3.05, 3.63) is 40.9 Å². The first-order valence-corrected chi connectivity index (χ1v) is 12.3. The number of aliphatic hydroxyl groups is 1. The lowest BCUT2D eigenvalue weighted by Gasteiger charge is -2.44. The minimum Gasteiger partial charge on any atom is -0.450 e. The Morgan fingerprint density at radius 1 is 1.19 bits per heavy atom. The summed E-state index contributed by atoms with van der Waals surface area (Å²) in [5.74, 6) is 0.916. The molecule has 172 valence electrons. The minimum atomic E-state index is -0.286. The van der Waals surface area contributed by atoms with Crippen LogP contribution in [0.1, 0.15) is 80.3 Å². The van der Waals surface area contributed by atoms with Gasteiger partial charge in [-0.2, -0.15) is 0 Å². The van der Waals surface area contributed by atoms with Crippen molar-refractivity contribution in [2.45, 2.75) is 75.8 Å². The molecule has 0 radical (unpaired) electrons. The van der Waals surface area contributed by atoms with Crippen molar-refractivity contribution in [2.75, 3.05) is 18.5 Å². The maximum absolute atomic E-state index is 13.5. The molecule has 3 N–H and O–H groups in total. The number of benzene rings is 1. The van der Waals surface area contributed by atoms with Gasteiger partial charge in [0.1, 0.15) is 5.58 Å². The largest absolute Gasteiger partial charge is 0.450 e. The van der Waals surface area contributed by atoms with Gasteiger partial charge in [-0.15, -0.1) is 0 Å². The number of rotatable bonds is 4. The lowest BCUT2D eigenvalue weighted by molar-refractivity contribution is 0.0556.